The van der Waals surface area contributed by atoms with Crippen LogP contribution in [0, 0.1) is 0 Å². The predicted octanol–water partition coefficient (Wildman–Crippen LogP) is 5.10. The third-order valence-electron chi connectivity index (χ3n) is 3.14. The van der Waals surface area contributed by atoms with Gasteiger partial charge in [-0.25, -0.2) is 0 Å². The summed E-state index contributed by atoms with van der Waals surface area (Å²) in [6, 6.07) is 10.7. The largest absolute Gasteiger partial charge is 0.494 e. The highest BCUT2D eigenvalue weighted by molar-refractivity contribution is 9.09. The topological polar surface area (TPSA) is 26.3 Å². The fraction of sp³-hybridized carbons (Fsp3) is 0.235. The van der Waals surface area contributed by atoms with Crippen LogP contribution in [0.2, 0.25) is 0 Å². The Morgan fingerprint density at radius 1 is 0.957 bits per heavy atom. The number of benzene rings is 2. The zero-order valence-corrected chi connectivity index (χ0v) is 13.7. The first-order valence-corrected chi connectivity index (χ1v) is 8.05. The van der Waals surface area contributed by atoms with Crippen molar-refractivity contribution in [3.8, 4) is 5.75 Å². The van der Waals surface area contributed by atoms with Gasteiger partial charge in [-0.05, 0) is 42.8 Å². The second-order valence-electron chi connectivity index (χ2n) is 4.82. The first-order valence-electron chi connectivity index (χ1n) is 6.92. The molecule has 0 aliphatic heterocycles. The highest BCUT2D eigenvalue weighted by Gasteiger charge is 2.30. The number of carbonyl (C=O) groups is 1. The molecule has 122 valence electrons. The van der Waals surface area contributed by atoms with Crippen LogP contribution in [0.5, 0.6) is 5.75 Å². The molecule has 0 radical (unpaired) electrons. The smallest absolute Gasteiger partial charge is 0.416 e. The van der Waals surface area contributed by atoms with Gasteiger partial charge in [0, 0.05) is 16.5 Å². The molecule has 0 bridgehead atoms. The summed E-state index contributed by atoms with van der Waals surface area (Å²) in [5.74, 6) is 0.320. The molecule has 0 saturated heterocycles. The van der Waals surface area contributed by atoms with Crippen LogP contribution in [-0.2, 0) is 6.18 Å². The Balaban J connectivity index is 2.08. The summed E-state index contributed by atoms with van der Waals surface area (Å²) < 4.78 is 43.0. The number of hydrogen-bond donors (Lipinski definition) is 0. The number of rotatable bonds is 6. The van der Waals surface area contributed by atoms with Crippen LogP contribution in [0.3, 0.4) is 0 Å². The molecule has 0 spiro atoms. The average molecular weight is 387 g/mol. The van der Waals surface area contributed by atoms with Crippen LogP contribution in [0.25, 0.3) is 0 Å². The van der Waals surface area contributed by atoms with Gasteiger partial charge < -0.3 is 4.74 Å². The SMILES string of the molecule is O=C(c1ccc(OCCCBr)cc1)c1ccc(C(F)(F)F)cc1. The van der Waals surface area contributed by atoms with Crippen molar-refractivity contribution in [2.45, 2.75) is 12.6 Å². The zero-order chi connectivity index (χ0) is 16.9. The summed E-state index contributed by atoms with van der Waals surface area (Å²) >= 11 is 3.30. The van der Waals surface area contributed by atoms with E-state index >= 15 is 0 Å². The van der Waals surface area contributed by atoms with Crippen LogP contribution in [0.15, 0.2) is 48.5 Å². The molecule has 0 N–H and O–H groups in total. The fourth-order valence-corrected chi connectivity index (χ4v) is 2.15. The number of alkyl halides is 4. The van der Waals surface area contributed by atoms with Gasteiger partial charge in [0.15, 0.2) is 5.78 Å². The van der Waals surface area contributed by atoms with E-state index in [1.54, 1.807) is 24.3 Å². The van der Waals surface area contributed by atoms with Crippen molar-refractivity contribution in [2.75, 3.05) is 11.9 Å². The Morgan fingerprint density at radius 3 is 1.96 bits per heavy atom. The molecule has 2 rings (SSSR count). The Bertz CT molecular complexity index is 649. The number of ketones is 1. The Labute approximate surface area is 140 Å². The quantitative estimate of drug-likeness (QED) is 0.392. The lowest BCUT2D eigenvalue weighted by Crippen LogP contribution is -2.06. The van der Waals surface area contributed by atoms with E-state index in [0.717, 1.165) is 23.9 Å². The second-order valence-corrected chi connectivity index (χ2v) is 5.61. The highest BCUT2D eigenvalue weighted by Crippen LogP contribution is 2.29. The van der Waals surface area contributed by atoms with Gasteiger partial charge in [0.1, 0.15) is 5.75 Å². The monoisotopic (exact) mass is 386 g/mol. The van der Waals surface area contributed by atoms with Crippen molar-refractivity contribution >= 4 is 21.7 Å². The Morgan fingerprint density at radius 2 is 1.48 bits per heavy atom. The zero-order valence-electron chi connectivity index (χ0n) is 12.1. The summed E-state index contributed by atoms with van der Waals surface area (Å²) in [5.41, 5.74) is -0.159. The van der Waals surface area contributed by atoms with Gasteiger partial charge in [-0.1, -0.05) is 28.1 Å². The number of hydrogen-bond acceptors (Lipinski definition) is 2. The summed E-state index contributed by atoms with van der Waals surface area (Å²) in [5, 5.41) is 0.845. The van der Waals surface area contributed by atoms with Gasteiger partial charge in [-0.15, -0.1) is 0 Å². The predicted molar refractivity (Wildman–Crippen MR) is 85.2 cm³/mol. The van der Waals surface area contributed by atoms with E-state index in [0.29, 0.717) is 17.9 Å². The maximum absolute atomic E-state index is 12.5. The summed E-state index contributed by atoms with van der Waals surface area (Å²) in [6.45, 7) is 0.567. The van der Waals surface area contributed by atoms with Gasteiger partial charge in [-0.2, -0.15) is 13.2 Å². The van der Waals surface area contributed by atoms with Crippen molar-refractivity contribution in [1.82, 2.24) is 0 Å². The van der Waals surface area contributed by atoms with E-state index in [9.17, 15) is 18.0 Å². The minimum absolute atomic E-state index is 0.214. The van der Waals surface area contributed by atoms with Gasteiger partial charge in [0.05, 0.1) is 12.2 Å². The van der Waals surface area contributed by atoms with Gasteiger partial charge in [0.25, 0.3) is 0 Å². The summed E-state index contributed by atoms with van der Waals surface area (Å²) in [7, 11) is 0. The summed E-state index contributed by atoms with van der Waals surface area (Å²) in [6.07, 6.45) is -3.54. The lowest BCUT2D eigenvalue weighted by atomic mass is 10.0. The normalized spacial score (nSPS) is 11.3. The molecule has 2 aromatic carbocycles. The molecular weight excluding hydrogens is 373 g/mol. The minimum atomic E-state index is -4.41. The van der Waals surface area contributed by atoms with E-state index in [-0.39, 0.29) is 11.3 Å². The molecule has 0 aromatic heterocycles. The summed E-state index contributed by atoms with van der Waals surface area (Å²) in [4.78, 5) is 12.3. The first-order chi connectivity index (χ1) is 10.9. The van der Waals surface area contributed by atoms with Crippen LogP contribution < -0.4 is 4.74 Å². The van der Waals surface area contributed by atoms with E-state index < -0.39 is 11.7 Å². The second kappa shape index (κ2) is 7.64. The highest BCUT2D eigenvalue weighted by atomic mass is 79.9. The van der Waals surface area contributed by atoms with E-state index in [4.69, 9.17) is 4.74 Å². The van der Waals surface area contributed by atoms with Crippen molar-refractivity contribution in [3.05, 3.63) is 65.2 Å². The van der Waals surface area contributed by atoms with Crippen molar-refractivity contribution in [2.24, 2.45) is 0 Å². The fourth-order valence-electron chi connectivity index (χ4n) is 1.92. The Kier molecular flexibility index (Phi) is 5.82. The number of halogens is 4. The van der Waals surface area contributed by atoms with Gasteiger partial charge >= 0.3 is 6.18 Å². The van der Waals surface area contributed by atoms with Crippen molar-refractivity contribution in [3.63, 3.8) is 0 Å². The molecular formula is C17H14BrF3O2. The van der Waals surface area contributed by atoms with Crippen LogP contribution in [0.1, 0.15) is 27.9 Å². The Hall–Kier alpha value is -1.82. The lowest BCUT2D eigenvalue weighted by Gasteiger charge is -2.08. The minimum Gasteiger partial charge on any atom is -0.494 e. The molecule has 2 nitrogen and oxygen atoms in total. The third-order valence-corrected chi connectivity index (χ3v) is 3.70. The van der Waals surface area contributed by atoms with E-state index in [1.165, 1.54) is 12.1 Å². The molecule has 0 aliphatic carbocycles. The molecule has 0 amide bonds. The standard InChI is InChI=1S/C17H14BrF3O2/c18-10-1-11-23-15-8-4-13(5-9-15)16(22)12-2-6-14(7-3-12)17(19,20)21/h2-9H,1,10-11H2. The van der Waals surface area contributed by atoms with Crippen LogP contribution in [0.4, 0.5) is 13.2 Å². The van der Waals surface area contributed by atoms with Crippen molar-refractivity contribution < 1.29 is 22.7 Å². The average Bonchev–Trinajstić information content (AvgIpc) is 2.54. The lowest BCUT2D eigenvalue weighted by molar-refractivity contribution is -0.137. The molecule has 0 aliphatic rings. The number of carbonyl (C=O) groups excluding carboxylic acids is 1. The molecule has 23 heavy (non-hydrogen) atoms. The van der Waals surface area contributed by atoms with Gasteiger partial charge in [0.2, 0.25) is 0 Å². The van der Waals surface area contributed by atoms with Crippen LogP contribution in [-0.4, -0.2) is 17.7 Å². The van der Waals surface area contributed by atoms with Crippen LogP contribution >= 0.6 is 15.9 Å². The molecule has 0 heterocycles. The van der Waals surface area contributed by atoms with Crippen molar-refractivity contribution in [1.29, 1.82) is 0 Å². The molecule has 0 saturated carbocycles. The maximum atomic E-state index is 12.5. The van der Waals surface area contributed by atoms with E-state index in [1.807, 2.05) is 0 Å². The molecule has 2 aromatic rings. The third kappa shape index (κ3) is 4.82. The van der Waals surface area contributed by atoms with Gasteiger partial charge in [-0.3, -0.25) is 4.79 Å². The molecule has 0 atom stereocenters. The first kappa shape index (κ1) is 17.5. The molecule has 0 unspecified atom stereocenters. The molecule has 0 fully saturated rings. The van der Waals surface area contributed by atoms with E-state index in [2.05, 4.69) is 15.9 Å². The maximum Gasteiger partial charge on any atom is 0.416 e. The molecule has 6 heteroatoms. The number of ether oxygens (including phenoxy) is 1.